The molecule has 27 heavy (non-hydrogen) atoms. The predicted octanol–water partition coefficient (Wildman–Crippen LogP) is 4.13. The van der Waals surface area contributed by atoms with E-state index >= 15 is 0 Å². The minimum Gasteiger partial charge on any atom is -0.334 e. The number of hydrogen-bond acceptors (Lipinski definition) is 3. The largest absolute Gasteiger partial charge is 0.334 e. The number of thiophene rings is 1. The third-order valence-electron chi connectivity index (χ3n) is 4.57. The molecule has 0 aliphatic carbocycles. The molecular weight excluding hydrogens is 378 g/mol. The zero-order chi connectivity index (χ0) is 18.8. The van der Waals surface area contributed by atoms with Crippen molar-refractivity contribution in [3.63, 3.8) is 0 Å². The van der Waals surface area contributed by atoms with E-state index in [1.165, 1.54) is 0 Å². The van der Waals surface area contributed by atoms with Crippen molar-refractivity contribution in [2.45, 2.75) is 19.5 Å². The van der Waals surface area contributed by atoms with Gasteiger partial charge in [-0.05, 0) is 24.6 Å². The highest BCUT2D eigenvalue weighted by Gasteiger charge is 2.14. The number of nitrogens with zero attached hydrogens (tertiary/aromatic N) is 1. The second kappa shape index (κ2) is 7.64. The normalized spacial score (nSPS) is 12.4. The fraction of sp³-hybridized carbons (Fsp3) is 0.143. The van der Waals surface area contributed by atoms with Gasteiger partial charge in [-0.2, -0.15) is 0 Å². The molecule has 0 radical (unpaired) electrons. The molecule has 4 nitrogen and oxygen atoms in total. The summed E-state index contributed by atoms with van der Waals surface area (Å²) in [7, 11) is 0. The average molecular weight is 397 g/mol. The maximum atomic E-state index is 12.5. The van der Waals surface area contributed by atoms with Crippen LogP contribution in [-0.2, 0) is 6.54 Å². The molecule has 0 fully saturated rings. The molecule has 0 spiro atoms. The molecule has 0 saturated carbocycles. The summed E-state index contributed by atoms with van der Waals surface area (Å²) in [5.74, 6) is 0.674. The highest BCUT2D eigenvalue weighted by molar-refractivity contribution is 7.21. The van der Waals surface area contributed by atoms with Crippen molar-refractivity contribution in [2.75, 3.05) is 0 Å². The molecule has 4 aromatic rings. The molecule has 1 atom stereocenters. The van der Waals surface area contributed by atoms with E-state index in [-0.39, 0.29) is 11.6 Å². The predicted molar refractivity (Wildman–Crippen MR) is 111 cm³/mol. The van der Waals surface area contributed by atoms with Crippen molar-refractivity contribution >= 4 is 33.2 Å². The SMILES string of the molecule is C[C@H]([NH2+]Cc1nc2sc(-c3ccccc3)cc2c(=O)[nH]1)c1ccccc1Cl. The zero-order valence-corrected chi connectivity index (χ0v) is 16.3. The number of halogens is 1. The molecule has 0 saturated heterocycles. The number of rotatable bonds is 5. The first-order valence-electron chi connectivity index (χ1n) is 8.78. The van der Waals surface area contributed by atoms with Gasteiger partial charge >= 0.3 is 0 Å². The van der Waals surface area contributed by atoms with Gasteiger partial charge in [-0.15, -0.1) is 11.3 Å². The van der Waals surface area contributed by atoms with Crippen LogP contribution in [0.1, 0.15) is 24.4 Å². The topological polar surface area (TPSA) is 62.4 Å². The van der Waals surface area contributed by atoms with Crippen LogP contribution >= 0.6 is 22.9 Å². The van der Waals surface area contributed by atoms with Gasteiger partial charge in [-0.1, -0.05) is 60.1 Å². The van der Waals surface area contributed by atoms with Crippen LogP contribution in [0, 0.1) is 0 Å². The van der Waals surface area contributed by atoms with Gasteiger partial charge in [0.15, 0.2) is 5.82 Å². The summed E-state index contributed by atoms with van der Waals surface area (Å²) in [4.78, 5) is 21.9. The number of quaternary nitrogens is 1. The molecule has 136 valence electrons. The molecule has 0 unspecified atom stereocenters. The van der Waals surface area contributed by atoms with E-state index in [1.54, 1.807) is 11.3 Å². The standard InChI is InChI=1S/C21H18ClN3OS/c1-13(15-9-5-6-10-17(15)22)23-12-19-24-20(26)16-11-18(27-21(16)25-19)14-7-3-2-4-8-14/h2-11,13,23H,12H2,1H3,(H,24,25,26)/p+1/t13-/m0/s1. The lowest BCUT2D eigenvalue weighted by Gasteiger charge is -2.12. The van der Waals surface area contributed by atoms with Crippen molar-refractivity contribution in [1.29, 1.82) is 0 Å². The monoisotopic (exact) mass is 396 g/mol. The van der Waals surface area contributed by atoms with Crippen molar-refractivity contribution in [2.24, 2.45) is 0 Å². The first kappa shape index (κ1) is 17.9. The Bertz CT molecular complexity index is 1140. The van der Waals surface area contributed by atoms with Crippen LogP contribution in [0.5, 0.6) is 0 Å². The summed E-state index contributed by atoms with van der Waals surface area (Å²) in [5, 5.41) is 3.52. The Kier molecular flexibility index (Phi) is 5.07. The Morgan fingerprint density at radius 3 is 2.67 bits per heavy atom. The average Bonchev–Trinajstić information content (AvgIpc) is 3.12. The summed E-state index contributed by atoms with van der Waals surface area (Å²) >= 11 is 7.82. The number of aromatic amines is 1. The van der Waals surface area contributed by atoms with Crippen molar-refractivity contribution in [3.8, 4) is 10.4 Å². The second-order valence-corrected chi connectivity index (χ2v) is 7.90. The van der Waals surface area contributed by atoms with Crippen LogP contribution in [0.3, 0.4) is 0 Å². The number of nitrogens with two attached hydrogens (primary N) is 1. The van der Waals surface area contributed by atoms with E-state index in [1.807, 2.05) is 60.7 Å². The Balaban J connectivity index is 1.58. The minimum absolute atomic E-state index is 0.0905. The van der Waals surface area contributed by atoms with Crippen molar-refractivity contribution in [1.82, 2.24) is 9.97 Å². The Hall–Kier alpha value is -2.47. The van der Waals surface area contributed by atoms with E-state index in [0.717, 1.165) is 25.9 Å². The summed E-state index contributed by atoms with van der Waals surface area (Å²) in [6.45, 7) is 2.67. The first-order valence-corrected chi connectivity index (χ1v) is 9.97. The van der Waals surface area contributed by atoms with Gasteiger partial charge in [0.25, 0.3) is 5.56 Å². The quantitative estimate of drug-likeness (QED) is 0.532. The maximum Gasteiger partial charge on any atom is 0.259 e. The zero-order valence-electron chi connectivity index (χ0n) is 14.8. The fourth-order valence-corrected chi connectivity index (χ4v) is 4.44. The molecule has 2 heterocycles. The van der Waals surface area contributed by atoms with Crippen LogP contribution in [0.25, 0.3) is 20.7 Å². The molecule has 0 aliphatic heterocycles. The number of hydrogen-bond donors (Lipinski definition) is 2. The van der Waals surface area contributed by atoms with Gasteiger partial charge < -0.3 is 10.3 Å². The van der Waals surface area contributed by atoms with Gasteiger partial charge in [0, 0.05) is 15.5 Å². The fourth-order valence-electron chi connectivity index (χ4n) is 3.08. The molecule has 0 bridgehead atoms. The Morgan fingerprint density at radius 1 is 1.15 bits per heavy atom. The van der Waals surface area contributed by atoms with E-state index in [0.29, 0.717) is 17.8 Å². The van der Waals surface area contributed by atoms with Gasteiger partial charge in [0.2, 0.25) is 0 Å². The van der Waals surface area contributed by atoms with Gasteiger partial charge in [-0.25, -0.2) is 4.98 Å². The highest BCUT2D eigenvalue weighted by atomic mass is 35.5. The lowest BCUT2D eigenvalue weighted by Crippen LogP contribution is -2.83. The number of nitrogens with one attached hydrogen (secondary N) is 1. The third-order valence-corrected chi connectivity index (χ3v) is 5.99. The van der Waals surface area contributed by atoms with Gasteiger partial charge in [0.1, 0.15) is 17.4 Å². The molecule has 0 amide bonds. The number of aromatic nitrogens is 2. The molecule has 6 heteroatoms. The summed E-state index contributed by atoms with van der Waals surface area (Å²) < 4.78 is 0. The highest BCUT2D eigenvalue weighted by Crippen LogP contribution is 2.30. The summed E-state index contributed by atoms with van der Waals surface area (Å²) in [6, 6.07) is 20.0. The van der Waals surface area contributed by atoms with Crippen LogP contribution in [-0.4, -0.2) is 9.97 Å². The van der Waals surface area contributed by atoms with Crippen LogP contribution in [0.4, 0.5) is 0 Å². The molecule has 4 rings (SSSR count). The molecule has 0 aliphatic rings. The minimum atomic E-state index is -0.0905. The molecule has 3 N–H and O–H groups in total. The summed E-state index contributed by atoms with van der Waals surface area (Å²) in [5.41, 5.74) is 2.08. The number of benzene rings is 2. The maximum absolute atomic E-state index is 12.5. The van der Waals surface area contributed by atoms with Gasteiger partial charge in [-0.3, -0.25) is 4.79 Å². The molecular formula is C21H19ClN3OS+. The van der Waals surface area contributed by atoms with Crippen LogP contribution in [0.2, 0.25) is 5.02 Å². The van der Waals surface area contributed by atoms with E-state index < -0.39 is 0 Å². The van der Waals surface area contributed by atoms with Crippen LogP contribution < -0.4 is 10.9 Å². The molecule has 2 aromatic carbocycles. The molecule has 2 aromatic heterocycles. The second-order valence-electron chi connectivity index (χ2n) is 6.46. The number of fused-ring (bicyclic) bond motifs is 1. The number of H-pyrrole nitrogens is 1. The van der Waals surface area contributed by atoms with Crippen molar-refractivity contribution < 1.29 is 5.32 Å². The lowest BCUT2D eigenvalue weighted by molar-refractivity contribution is -0.708. The van der Waals surface area contributed by atoms with Gasteiger partial charge in [0.05, 0.1) is 5.39 Å². The van der Waals surface area contributed by atoms with E-state index in [2.05, 4.69) is 22.2 Å². The van der Waals surface area contributed by atoms with Crippen LogP contribution in [0.15, 0.2) is 65.5 Å². The van der Waals surface area contributed by atoms with Crippen molar-refractivity contribution in [3.05, 3.63) is 87.4 Å². The first-order chi connectivity index (χ1) is 13.1. The Morgan fingerprint density at radius 2 is 1.89 bits per heavy atom. The Labute approximate surface area is 165 Å². The van der Waals surface area contributed by atoms with E-state index in [4.69, 9.17) is 11.6 Å². The lowest BCUT2D eigenvalue weighted by atomic mass is 10.1. The third kappa shape index (κ3) is 3.81. The van der Waals surface area contributed by atoms with E-state index in [9.17, 15) is 4.79 Å². The smallest absolute Gasteiger partial charge is 0.259 e. The summed E-state index contributed by atoms with van der Waals surface area (Å²) in [6.07, 6.45) is 0.